The summed E-state index contributed by atoms with van der Waals surface area (Å²) in [6, 6.07) is 18.1. The summed E-state index contributed by atoms with van der Waals surface area (Å²) in [7, 11) is -2.03. The first-order valence-electron chi connectivity index (χ1n) is 20.9. The van der Waals surface area contributed by atoms with Crippen LogP contribution in [0.15, 0.2) is 48.5 Å². The van der Waals surface area contributed by atoms with Crippen molar-refractivity contribution >= 4 is 8.60 Å². The first-order valence-corrected chi connectivity index (χ1v) is 22.0. The Balaban J connectivity index is 1.83. The number of phenolic OH excluding ortho intramolecular Hbond substituents is 1. The molecule has 1 aliphatic rings. The predicted octanol–water partition coefficient (Wildman–Crippen LogP) is 15.1. The monoisotopic (exact) mass is 793 g/mol. The summed E-state index contributed by atoms with van der Waals surface area (Å²) in [6.45, 7) is 44.7. The number of benzene rings is 4. The van der Waals surface area contributed by atoms with Gasteiger partial charge in [0, 0.05) is 29.5 Å². The van der Waals surface area contributed by atoms with Crippen molar-refractivity contribution in [3.8, 4) is 23.0 Å². The highest BCUT2D eigenvalue weighted by Crippen LogP contribution is 2.55. The van der Waals surface area contributed by atoms with Crippen molar-refractivity contribution in [1.29, 1.82) is 0 Å². The molecular formula is C52H73O4P. The molecule has 310 valence electrons. The average molecular weight is 793 g/mol. The summed E-state index contributed by atoms with van der Waals surface area (Å²) in [4.78, 5) is 0. The molecule has 0 aliphatic carbocycles. The van der Waals surface area contributed by atoms with Gasteiger partial charge in [0.25, 0.3) is 0 Å². The van der Waals surface area contributed by atoms with Crippen molar-refractivity contribution in [1.82, 2.24) is 0 Å². The van der Waals surface area contributed by atoms with E-state index >= 15 is 0 Å². The van der Waals surface area contributed by atoms with E-state index in [9.17, 15) is 5.11 Å². The van der Waals surface area contributed by atoms with Crippen LogP contribution in [-0.4, -0.2) is 5.11 Å². The molecule has 0 saturated carbocycles. The highest BCUT2D eigenvalue weighted by molar-refractivity contribution is 7.43. The predicted molar refractivity (Wildman–Crippen MR) is 244 cm³/mol. The minimum Gasteiger partial charge on any atom is -0.507 e. The maximum Gasteiger partial charge on any atom is 0.530 e. The van der Waals surface area contributed by atoms with Gasteiger partial charge in [0.05, 0.1) is 0 Å². The summed E-state index contributed by atoms with van der Waals surface area (Å²) >= 11 is 0. The maximum atomic E-state index is 11.8. The second-order valence-electron chi connectivity index (χ2n) is 23.0. The first kappa shape index (κ1) is 44.6. The highest BCUT2D eigenvalue weighted by Gasteiger charge is 2.37. The Morgan fingerprint density at radius 3 is 1.26 bits per heavy atom. The number of phenols is 1. The summed E-state index contributed by atoms with van der Waals surface area (Å²) in [6.07, 6.45) is 1.18. The Kier molecular flexibility index (Phi) is 11.7. The lowest BCUT2D eigenvalue weighted by Gasteiger charge is -2.35. The van der Waals surface area contributed by atoms with E-state index in [1.165, 1.54) is 11.1 Å². The Morgan fingerprint density at radius 1 is 0.491 bits per heavy atom. The Bertz CT molecular complexity index is 2060. The summed E-state index contributed by atoms with van der Waals surface area (Å²) in [5, 5.41) is 11.8. The van der Waals surface area contributed by atoms with Crippen LogP contribution in [0.25, 0.3) is 0 Å². The van der Waals surface area contributed by atoms with Crippen LogP contribution in [0.3, 0.4) is 0 Å². The van der Waals surface area contributed by atoms with Crippen LogP contribution in [0.4, 0.5) is 0 Å². The zero-order valence-electron chi connectivity index (χ0n) is 39.2. The van der Waals surface area contributed by atoms with Gasteiger partial charge in [0.2, 0.25) is 0 Å². The molecule has 5 heteroatoms. The Morgan fingerprint density at radius 2 is 0.877 bits per heavy atom. The molecule has 57 heavy (non-hydrogen) atoms. The molecule has 0 amide bonds. The third-order valence-corrected chi connectivity index (χ3v) is 12.2. The van der Waals surface area contributed by atoms with E-state index in [1.54, 1.807) is 0 Å². The van der Waals surface area contributed by atoms with E-state index in [2.05, 4.69) is 187 Å². The van der Waals surface area contributed by atoms with Crippen LogP contribution in [0.1, 0.15) is 191 Å². The third-order valence-electron chi connectivity index (χ3n) is 11.2. The van der Waals surface area contributed by atoms with Gasteiger partial charge in [-0.2, -0.15) is 0 Å². The van der Waals surface area contributed by atoms with Gasteiger partial charge < -0.3 is 18.7 Å². The molecule has 0 bridgehead atoms. The van der Waals surface area contributed by atoms with Gasteiger partial charge in [-0.25, -0.2) is 0 Å². The summed E-state index contributed by atoms with van der Waals surface area (Å²) in [5.41, 5.74) is 12.3. The fraction of sp³-hybridized carbons (Fsp3) is 0.538. The van der Waals surface area contributed by atoms with E-state index < -0.39 is 8.60 Å². The quantitative estimate of drug-likeness (QED) is 0.209. The second kappa shape index (κ2) is 15.0. The van der Waals surface area contributed by atoms with Gasteiger partial charge >= 0.3 is 8.60 Å². The minimum absolute atomic E-state index is 0.0611. The number of fused-ring (bicyclic) bond motifs is 2. The van der Waals surface area contributed by atoms with Gasteiger partial charge in [-0.05, 0) is 85.3 Å². The van der Waals surface area contributed by atoms with Crippen LogP contribution in [0, 0.1) is 13.8 Å². The molecule has 5 rings (SSSR count). The third kappa shape index (κ3) is 9.87. The molecule has 1 heterocycles. The number of hydrogen-bond acceptors (Lipinski definition) is 4. The van der Waals surface area contributed by atoms with Gasteiger partial charge in [0.15, 0.2) is 0 Å². The molecule has 4 aromatic carbocycles. The molecule has 0 aromatic heterocycles. The fourth-order valence-corrected chi connectivity index (χ4v) is 8.94. The van der Waals surface area contributed by atoms with E-state index in [0.717, 1.165) is 72.9 Å². The Hall–Kier alpha value is -3.49. The number of rotatable bonds is 4. The number of aromatic hydroxyl groups is 1. The molecule has 1 N–H and O–H groups in total. The molecule has 1 aliphatic heterocycles. The minimum atomic E-state index is -2.03. The van der Waals surface area contributed by atoms with Gasteiger partial charge in [0.1, 0.15) is 23.0 Å². The molecule has 4 aromatic rings. The molecule has 4 nitrogen and oxygen atoms in total. The van der Waals surface area contributed by atoms with Crippen LogP contribution in [0.2, 0.25) is 0 Å². The zero-order chi connectivity index (χ0) is 43.0. The van der Waals surface area contributed by atoms with Crippen LogP contribution in [0.5, 0.6) is 23.0 Å². The lowest BCUT2D eigenvalue weighted by Crippen LogP contribution is -2.23. The molecular weight excluding hydrogens is 720 g/mol. The molecule has 0 unspecified atom stereocenters. The number of aryl methyl sites for hydroxylation is 2. The molecule has 0 spiro atoms. The van der Waals surface area contributed by atoms with Gasteiger partial charge in [-0.1, -0.05) is 184 Å². The second-order valence-corrected chi connectivity index (χ2v) is 24.0. The lowest BCUT2D eigenvalue weighted by molar-refractivity contribution is 0.363. The van der Waals surface area contributed by atoms with E-state index in [0.29, 0.717) is 18.6 Å². The van der Waals surface area contributed by atoms with Crippen molar-refractivity contribution in [3.63, 3.8) is 0 Å². The smallest absolute Gasteiger partial charge is 0.507 e. The van der Waals surface area contributed by atoms with Gasteiger partial charge in [-0.15, -0.1) is 0 Å². The summed E-state index contributed by atoms with van der Waals surface area (Å²) in [5.74, 6) is 2.80. The zero-order valence-corrected chi connectivity index (χ0v) is 40.0. The van der Waals surface area contributed by atoms with Crippen molar-refractivity contribution in [2.45, 2.75) is 184 Å². The maximum absolute atomic E-state index is 11.8. The normalized spacial score (nSPS) is 14.6. The van der Waals surface area contributed by atoms with Crippen molar-refractivity contribution in [2.75, 3.05) is 0 Å². The number of hydrogen-bond donors (Lipinski definition) is 1. The molecule has 0 radical (unpaired) electrons. The average Bonchev–Trinajstić information content (AvgIpc) is 3.00. The van der Waals surface area contributed by atoms with Gasteiger partial charge in [-0.3, -0.25) is 0 Å². The first-order chi connectivity index (χ1) is 25.7. The molecule has 0 fully saturated rings. The van der Waals surface area contributed by atoms with E-state index in [4.69, 9.17) is 13.6 Å². The van der Waals surface area contributed by atoms with Crippen molar-refractivity contribution in [2.24, 2.45) is 0 Å². The SMILES string of the molecule is Cc1cc(Cc2cc(C)cc(C(C)(C)C)c2OP2Oc3c(cc(C(C)(C)C)cc3C(C)(C)C)Cc3cc(C(C)(C)C)cc(C(C)(C)C)c3O2)c(O)c(C(C)(C)C)c1. The van der Waals surface area contributed by atoms with Crippen LogP contribution < -0.4 is 13.6 Å². The highest BCUT2D eigenvalue weighted by atomic mass is 31.2. The van der Waals surface area contributed by atoms with Crippen molar-refractivity contribution in [3.05, 3.63) is 115 Å². The van der Waals surface area contributed by atoms with Crippen molar-refractivity contribution < 1.29 is 18.7 Å². The summed E-state index contributed by atoms with van der Waals surface area (Å²) < 4.78 is 21.9. The fourth-order valence-electron chi connectivity index (χ4n) is 7.73. The standard InChI is InChI=1S/C52H73O4P/c1-31-21-33(43(53)39(23-31)49(9,10)11)25-34-22-32(2)24-40(50(12,13)14)44(34)54-57-55-45-35(27-37(47(3,4)5)29-41(45)51(15,16)17)26-36-28-38(48(6,7)8)30-42(46(36)56-57)52(18,19)20/h21-24,27-30,53H,25-26H2,1-20H3. The molecule has 0 atom stereocenters. The van der Waals surface area contributed by atoms with E-state index in [-0.39, 0.29) is 32.5 Å². The lowest BCUT2D eigenvalue weighted by atomic mass is 9.76. The van der Waals surface area contributed by atoms with E-state index in [1.807, 2.05) is 0 Å². The Labute approximate surface area is 348 Å². The largest absolute Gasteiger partial charge is 0.530 e. The topological polar surface area (TPSA) is 47.9 Å². The molecule has 0 saturated heterocycles. The van der Waals surface area contributed by atoms with Crippen LogP contribution >= 0.6 is 8.60 Å². The van der Waals surface area contributed by atoms with Crippen LogP contribution in [-0.2, 0) is 45.3 Å².